The number of fused-ring (bicyclic) bond motifs is 1. The Morgan fingerprint density at radius 1 is 1.20 bits per heavy atom. The van der Waals surface area contributed by atoms with Crippen LogP contribution < -0.4 is 5.32 Å². The summed E-state index contributed by atoms with van der Waals surface area (Å²) in [5, 5.41) is 12.9. The summed E-state index contributed by atoms with van der Waals surface area (Å²) in [6.07, 6.45) is 5.88. The summed E-state index contributed by atoms with van der Waals surface area (Å²) in [6, 6.07) is 8.70. The molecule has 4 nitrogen and oxygen atoms in total. The highest BCUT2D eigenvalue weighted by Crippen LogP contribution is 2.20. The summed E-state index contributed by atoms with van der Waals surface area (Å²) in [5.41, 5.74) is 2.03. The Balaban J connectivity index is 1.67. The largest absolute Gasteiger partial charge is 0.382 e. The first-order chi connectivity index (χ1) is 9.84. The molecule has 1 aromatic heterocycles. The van der Waals surface area contributed by atoms with Crippen LogP contribution in [0.1, 0.15) is 26.2 Å². The van der Waals surface area contributed by atoms with E-state index in [2.05, 4.69) is 33.4 Å². The van der Waals surface area contributed by atoms with Gasteiger partial charge in [-0.2, -0.15) is 10.2 Å². The molecule has 0 aliphatic carbocycles. The van der Waals surface area contributed by atoms with Gasteiger partial charge in [0.05, 0.1) is 17.4 Å². The number of hydrogen-bond donors (Lipinski definition) is 1. The molecule has 1 fully saturated rings. The van der Waals surface area contributed by atoms with E-state index in [4.69, 9.17) is 0 Å². The molecule has 0 amide bonds. The fraction of sp³-hybridized carbons (Fsp3) is 0.500. The highest BCUT2D eigenvalue weighted by molar-refractivity contribution is 5.90. The van der Waals surface area contributed by atoms with Crippen molar-refractivity contribution in [1.82, 2.24) is 15.1 Å². The number of nitrogens with zero attached hydrogens (tertiary/aromatic N) is 3. The minimum Gasteiger partial charge on any atom is -0.382 e. The number of hydrogen-bond acceptors (Lipinski definition) is 4. The average Bonchev–Trinajstić information content (AvgIpc) is 2.53. The molecule has 4 heteroatoms. The summed E-state index contributed by atoms with van der Waals surface area (Å²) in [5.74, 6) is 0. The van der Waals surface area contributed by atoms with Gasteiger partial charge in [-0.1, -0.05) is 24.6 Å². The van der Waals surface area contributed by atoms with E-state index in [9.17, 15) is 0 Å². The lowest BCUT2D eigenvalue weighted by molar-refractivity contribution is 0.180. The maximum Gasteiger partial charge on any atom is 0.0950 e. The second-order valence-electron chi connectivity index (χ2n) is 5.60. The van der Waals surface area contributed by atoms with Gasteiger partial charge < -0.3 is 5.32 Å². The summed E-state index contributed by atoms with van der Waals surface area (Å²) in [6.45, 7) is 5.72. The molecule has 2 aromatic rings. The monoisotopic (exact) mass is 270 g/mol. The number of rotatable bonds is 4. The van der Waals surface area contributed by atoms with Crippen molar-refractivity contribution < 1.29 is 0 Å². The predicted octanol–water partition coefficient (Wildman–Crippen LogP) is 2.92. The highest BCUT2D eigenvalue weighted by Gasteiger charge is 2.16. The van der Waals surface area contributed by atoms with Crippen LogP contribution in [0.25, 0.3) is 10.9 Å². The van der Waals surface area contributed by atoms with Crippen LogP contribution in [0.15, 0.2) is 30.5 Å². The zero-order chi connectivity index (χ0) is 13.8. The smallest absolute Gasteiger partial charge is 0.0950 e. The van der Waals surface area contributed by atoms with Crippen LogP contribution in [0.2, 0.25) is 0 Å². The molecule has 0 spiro atoms. The Bertz CT molecular complexity index is 558. The number of anilines is 1. The van der Waals surface area contributed by atoms with Crippen molar-refractivity contribution in [2.75, 3.05) is 25.0 Å². The number of piperidine rings is 1. The highest BCUT2D eigenvalue weighted by atomic mass is 15.2. The van der Waals surface area contributed by atoms with E-state index in [1.165, 1.54) is 32.4 Å². The molecule has 106 valence electrons. The van der Waals surface area contributed by atoms with Crippen LogP contribution in [0.5, 0.6) is 0 Å². The molecule has 1 N–H and O–H groups in total. The SMILES string of the molecule is CC(CNc1cnnc2ccccc12)N1CCCCC1. The molecule has 1 aliphatic heterocycles. The first-order valence-electron chi connectivity index (χ1n) is 7.53. The van der Waals surface area contributed by atoms with Crippen LogP contribution >= 0.6 is 0 Å². The summed E-state index contributed by atoms with van der Waals surface area (Å²) in [7, 11) is 0. The van der Waals surface area contributed by atoms with E-state index in [1.807, 2.05) is 24.4 Å². The minimum absolute atomic E-state index is 0.558. The molecule has 1 saturated heterocycles. The van der Waals surface area contributed by atoms with Crippen LogP contribution in [0.4, 0.5) is 5.69 Å². The number of nitrogens with one attached hydrogen (secondary N) is 1. The van der Waals surface area contributed by atoms with Crippen molar-refractivity contribution >= 4 is 16.6 Å². The zero-order valence-corrected chi connectivity index (χ0v) is 12.0. The Hall–Kier alpha value is -1.68. The maximum absolute atomic E-state index is 4.16. The average molecular weight is 270 g/mol. The van der Waals surface area contributed by atoms with Gasteiger partial charge in [0.1, 0.15) is 0 Å². The van der Waals surface area contributed by atoms with Gasteiger partial charge in [0, 0.05) is 18.0 Å². The molecule has 0 saturated carbocycles. The van der Waals surface area contributed by atoms with Crippen molar-refractivity contribution in [1.29, 1.82) is 0 Å². The Morgan fingerprint density at radius 3 is 2.85 bits per heavy atom. The zero-order valence-electron chi connectivity index (χ0n) is 12.0. The van der Waals surface area contributed by atoms with Gasteiger partial charge in [0.15, 0.2) is 0 Å². The molecule has 2 heterocycles. The Morgan fingerprint density at radius 2 is 2.00 bits per heavy atom. The summed E-state index contributed by atoms with van der Waals surface area (Å²) < 4.78 is 0. The molecule has 1 aromatic carbocycles. The third-order valence-electron chi connectivity index (χ3n) is 4.15. The van der Waals surface area contributed by atoms with E-state index in [0.29, 0.717) is 6.04 Å². The van der Waals surface area contributed by atoms with Crippen LogP contribution in [0.3, 0.4) is 0 Å². The third kappa shape index (κ3) is 2.90. The van der Waals surface area contributed by atoms with Gasteiger partial charge in [-0.3, -0.25) is 4.90 Å². The first kappa shape index (κ1) is 13.3. The number of aromatic nitrogens is 2. The number of benzene rings is 1. The lowest BCUT2D eigenvalue weighted by Gasteiger charge is -2.32. The van der Waals surface area contributed by atoms with Gasteiger partial charge in [0.25, 0.3) is 0 Å². The molecule has 0 radical (unpaired) electrons. The molecule has 3 rings (SSSR count). The van der Waals surface area contributed by atoms with Crippen molar-refractivity contribution in [3.8, 4) is 0 Å². The first-order valence-corrected chi connectivity index (χ1v) is 7.53. The van der Waals surface area contributed by atoms with E-state index in [-0.39, 0.29) is 0 Å². The van der Waals surface area contributed by atoms with Crippen molar-refractivity contribution in [3.05, 3.63) is 30.5 Å². The summed E-state index contributed by atoms with van der Waals surface area (Å²) >= 11 is 0. The van der Waals surface area contributed by atoms with Crippen LogP contribution in [-0.2, 0) is 0 Å². The molecule has 0 bridgehead atoms. The fourth-order valence-corrected chi connectivity index (χ4v) is 2.89. The van der Waals surface area contributed by atoms with E-state index >= 15 is 0 Å². The second-order valence-corrected chi connectivity index (χ2v) is 5.60. The molecular weight excluding hydrogens is 248 g/mol. The predicted molar refractivity (Wildman–Crippen MR) is 82.9 cm³/mol. The Labute approximate surface area is 120 Å². The van der Waals surface area contributed by atoms with Crippen molar-refractivity contribution in [2.45, 2.75) is 32.2 Å². The quantitative estimate of drug-likeness (QED) is 0.927. The maximum atomic E-state index is 4.16. The standard InChI is InChI=1S/C16H22N4/c1-13(20-9-5-2-6-10-20)11-17-16-12-18-19-15-8-4-3-7-14(15)16/h3-4,7-8,12-13H,2,5-6,9-11H2,1H3,(H,17,19). The Kier molecular flexibility index (Phi) is 4.11. The van der Waals surface area contributed by atoms with Gasteiger partial charge in [0.2, 0.25) is 0 Å². The second kappa shape index (κ2) is 6.18. The van der Waals surface area contributed by atoms with Gasteiger partial charge in [-0.15, -0.1) is 0 Å². The molecule has 1 unspecified atom stereocenters. The molecule has 20 heavy (non-hydrogen) atoms. The topological polar surface area (TPSA) is 41.1 Å². The van der Waals surface area contributed by atoms with Crippen LogP contribution in [-0.4, -0.2) is 40.8 Å². The van der Waals surface area contributed by atoms with E-state index in [1.54, 1.807) is 0 Å². The van der Waals surface area contributed by atoms with E-state index < -0.39 is 0 Å². The fourth-order valence-electron chi connectivity index (χ4n) is 2.89. The van der Waals surface area contributed by atoms with Gasteiger partial charge in [-0.25, -0.2) is 0 Å². The van der Waals surface area contributed by atoms with Crippen molar-refractivity contribution in [2.24, 2.45) is 0 Å². The molecule has 1 aliphatic rings. The molecule has 1 atom stereocenters. The third-order valence-corrected chi connectivity index (χ3v) is 4.15. The normalized spacial score (nSPS) is 18.1. The minimum atomic E-state index is 0.558. The van der Waals surface area contributed by atoms with Gasteiger partial charge >= 0.3 is 0 Å². The lowest BCUT2D eigenvalue weighted by atomic mass is 10.1. The molecular formula is C16H22N4. The van der Waals surface area contributed by atoms with Gasteiger partial charge in [-0.05, 0) is 38.9 Å². The summed E-state index contributed by atoms with van der Waals surface area (Å²) in [4.78, 5) is 2.58. The van der Waals surface area contributed by atoms with Crippen molar-refractivity contribution in [3.63, 3.8) is 0 Å². The number of likely N-dealkylation sites (tertiary alicyclic amines) is 1. The van der Waals surface area contributed by atoms with Crippen LogP contribution in [0, 0.1) is 0 Å². The van der Waals surface area contributed by atoms with E-state index in [0.717, 1.165) is 23.1 Å². The lowest BCUT2D eigenvalue weighted by Crippen LogP contribution is -2.41.